The number of rotatable bonds is 6. The molecule has 0 fully saturated rings. The van der Waals surface area contributed by atoms with Crippen LogP contribution in [0, 0.1) is 17.5 Å². The van der Waals surface area contributed by atoms with Crippen molar-refractivity contribution in [3.05, 3.63) is 101 Å². The van der Waals surface area contributed by atoms with Gasteiger partial charge in [0, 0.05) is 49.3 Å². The van der Waals surface area contributed by atoms with Gasteiger partial charge in [0.1, 0.15) is 11.4 Å². The number of benzene rings is 3. The maximum Gasteiger partial charge on any atom is 0.257 e. The van der Waals surface area contributed by atoms with Crippen LogP contribution in [-0.4, -0.2) is 31.5 Å². The molecule has 0 spiro atoms. The number of H-pyrrole nitrogens is 1. The molecule has 1 amide bonds. The number of nitrogens with one attached hydrogen (secondary N) is 2. The van der Waals surface area contributed by atoms with Crippen molar-refractivity contribution in [3.8, 4) is 0 Å². The summed E-state index contributed by atoms with van der Waals surface area (Å²) in [5.74, 6) is -5.19. The molecule has 0 saturated heterocycles. The van der Waals surface area contributed by atoms with E-state index in [0.717, 1.165) is 33.8 Å². The third-order valence-electron chi connectivity index (χ3n) is 5.55. The van der Waals surface area contributed by atoms with Crippen LogP contribution in [0.4, 0.5) is 18.9 Å². The standard InChI is InChI=1S/C25H22F3N3O/c1-31(2)16-9-7-15(8-10-16)18(19-14-29-22-6-4-3-5-17(19)22)13-30-25(32)23-20(26)11-12-21(27)24(23)28/h3-12,14,18,29H,13H2,1-2H3,(H,30,32)/t18-/m0/s1. The molecule has 1 aromatic heterocycles. The van der Waals surface area contributed by atoms with Crippen LogP contribution in [-0.2, 0) is 0 Å². The number of nitrogens with zero attached hydrogens (tertiary/aromatic N) is 1. The highest BCUT2D eigenvalue weighted by Gasteiger charge is 2.24. The molecule has 3 aromatic carbocycles. The smallest absolute Gasteiger partial charge is 0.257 e. The Kier molecular flexibility index (Phi) is 5.90. The van der Waals surface area contributed by atoms with Crippen LogP contribution < -0.4 is 10.2 Å². The van der Waals surface area contributed by atoms with E-state index >= 15 is 0 Å². The summed E-state index contributed by atoms with van der Waals surface area (Å²) in [5.41, 5.74) is 2.87. The molecular formula is C25H22F3N3O. The lowest BCUT2D eigenvalue weighted by Crippen LogP contribution is -2.30. The molecule has 1 atom stereocenters. The van der Waals surface area contributed by atoms with E-state index in [2.05, 4.69) is 10.3 Å². The second-order valence-electron chi connectivity index (χ2n) is 7.76. The van der Waals surface area contributed by atoms with Gasteiger partial charge in [-0.05, 0) is 41.5 Å². The Bertz CT molecular complexity index is 1270. The highest BCUT2D eigenvalue weighted by molar-refractivity contribution is 5.95. The number of fused-ring (bicyclic) bond motifs is 1. The van der Waals surface area contributed by atoms with Crippen LogP contribution in [0.25, 0.3) is 10.9 Å². The molecule has 0 aliphatic rings. The Balaban J connectivity index is 1.69. The van der Waals surface area contributed by atoms with E-state index in [1.807, 2.05) is 73.7 Å². The van der Waals surface area contributed by atoms with Crippen molar-refractivity contribution in [1.29, 1.82) is 0 Å². The number of hydrogen-bond donors (Lipinski definition) is 2. The highest BCUT2D eigenvalue weighted by atomic mass is 19.2. The van der Waals surface area contributed by atoms with Crippen molar-refractivity contribution in [1.82, 2.24) is 10.3 Å². The molecule has 4 nitrogen and oxygen atoms in total. The molecule has 4 aromatic rings. The monoisotopic (exact) mass is 437 g/mol. The van der Waals surface area contributed by atoms with Crippen molar-refractivity contribution in [2.24, 2.45) is 0 Å². The molecule has 0 aliphatic heterocycles. The van der Waals surface area contributed by atoms with Gasteiger partial charge in [-0.2, -0.15) is 0 Å². The van der Waals surface area contributed by atoms with E-state index in [1.54, 1.807) is 0 Å². The number of carbonyl (C=O) groups is 1. The van der Waals surface area contributed by atoms with Crippen LogP contribution in [0.15, 0.2) is 66.9 Å². The number of aromatic nitrogens is 1. The van der Waals surface area contributed by atoms with Gasteiger partial charge >= 0.3 is 0 Å². The summed E-state index contributed by atoms with van der Waals surface area (Å²) in [6.07, 6.45) is 1.87. The fraction of sp³-hybridized carbons (Fsp3) is 0.160. The Hall–Kier alpha value is -3.74. The zero-order valence-corrected chi connectivity index (χ0v) is 17.6. The normalized spacial score (nSPS) is 12.0. The Morgan fingerprint density at radius 2 is 1.66 bits per heavy atom. The van der Waals surface area contributed by atoms with Gasteiger partial charge in [0.15, 0.2) is 11.6 Å². The van der Waals surface area contributed by atoms with Crippen LogP contribution in [0.2, 0.25) is 0 Å². The lowest BCUT2D eigenvalue weighted by molar-refractivity contribution is 0.0943. The molecule has 0 bridgehead atoms. The van der Waals surface area contributed by atoms with Gasteiger partial charge in [-0.25, -0.2) is 13.2 Å². The summed E-state index contributed by atoms with van der Waals surface area (Å²) >= 11 is 0. The molecule has 2 N–H and O–H groups in total. The number of halogens is 3. The number of para-hydroxylation sites is 1. The van der Waals surface area contributed by atoms with Crippen LogP contribution >= 0.6 is 0 Å². The van der Waals surface area contributed by atoms with E-state index in [9.17, 15) is 18.0 Å². The fourth-order valence-electron chi connectivity index (χ4n) is 3.81. The molecule has 7 heteroatoms. The molecule has 0 unspecified atom stereocenters. The third kappa shape index (κ3) is 4.06. The maximum atomic E-state index is 14.1. The zero-order chi connectivity index (χ0) is 22.8. The minimum absolute atomic E-state index is 0.0669. The topological polar surface area (TPSA) is 48.1 Å². The summed E-state index contributed by atoms with van der Waals surface area (Å²) in [5, 5.41) is 3.57. The summed E-state index contributed by atoms with van der Waals surface area (Å²) in [4.78, 5) is 17.8. The van der Waals surface area contributed by atoms with Crippen LogP contribution in [0.3, 0.4) is 0 Å². The minimum atomic E-state index is -1.50. The number of anilines is 1. The van der Waals surface area contributed by atoms with E-state index in [1.165, 1.54) is 0 Å². The number of amides is 1. The Labute approximate surface area is 183 Å². The quantitative estimate of drug-likeness (QED) is 0.407. The van der Waals surface area contributed by atoms with E-state index < -0.39 is 28.9 Å². The molecule has 32 heavy (non-hydrogen) atoms. The lowest BCUT2D eigenvalue weighted by Gasteiger charge is -2.20. The van der Waals surface area contributed by atoms with Crippen molar-refractivity contribution in [2.75, 3.05) is 25.5 Å². The van der Waals surface area contributed by atoms with E-state index in [-0.39, 0.29) is 12.5 Å². The summed E-state index contributed by atoms with van der Waals surface area (Å²) in [7, 11) is 3.88. The molecule has 1 heterocycles. The minimum Gasteiger partial charge on any atom is -0.378 e. The highest BCUT2D eigenvalue weighted by Crippen LogP contribution is 2.31. The van der Waals surface area contributed by atoms with Gasteiger partial charge in [0.25, 0.3) is 5.91 Å². The number of aromatic amines is 1. The van der Waals surface area contributed by atoms with Crippen molar-refractivity contribution < 1.29 is 18.0 Å². The third-order valence-corrected chi connectivity index (χ3v) is 5.55. The predicted molar refractivity (Wildman–Crippen MR) is 120 cm³/mol. The second-order valence-corrected chi connectivity index (χ2v) is 7.76. The van der Waals surface area contributed by atoms with Gasteiger partial charge in [-0.1, -0.05) is 30.3 Å². The lowest BCUT2D eigenvalue weighted by atomic mass is 9.90. The summed E-state index contributed by atoms with van der Waals surface area (Å²) < 4.78 is 41.7. The fourth-order valence-corrected chi connectivity index (χ4v) is 3.81. The first-order valence-electron chi connectivity index (χ1n) is 10.1. The van der Waals surface area contributed by atoms with E-state index in [0.29, 0.717) is 6.07 Å². The first-order valence-corrected chi connectivity index (χ1v) is 10.1. The zero-order valence-electron chi connectivity index (χ0n) is 17.6. The molecule has 0 saturated carbocycles. The molecule has 4 rings (SSSR count). The molecule has 0 aliphatic carbocycles. The molecule has 0 radical (unpaired) electrons. The van der Waals surface area contributed by atoms with Gasteiger partial charge in [0.05, 0.1) is 0 Å². The molecule has 164 valence electrons. The van der Waals surface area contributed by atoms with Crippen LogP contribution in [0.5, 0.6) is 0 Å². The number of hydrogen-bond acceptors (Lipinski definition) is 2. The average Bonchev–Trinajstić information content (AvgIpc) is 3.21. The van der Waals surface area contributed by atoms with E-state index in [4.69, 9.17) is 0 Å². The first-order chi connectivity index (χ1) is 15.4. The Morgan fingerprint density at radius 1 is 0.969 bits per heavy atom. The van der Waals surface area contributed by atoms with Gasteiger partial charge in [-0.3, -0.25) is 4.79 Å². The number of carbonyl (C=O) groups excluding carboxylic acids is 1. The predicted octanol–water partition coefficient (Wildman–Crippen LogP) is 5.21. The van der Waals surface area contributed by atoms with Gasteiger partial charge in [0.2, 0.25) is 0 Å². The summed E-state index contributed by atoms with van der Waals surface area (Å²) in [6.45, 7) is 0.0669. The van der Waals surface area contributed by atoms with Crippen molar-refractivity contribution >= 4 is 22.5 Å². The maximum absolute atomic E-state index is 14.1. The second kappa shape index (κ2) is 8.78. The van der Waals surface area contributed by atoms with Crippen molar-refractivity contribution in [3.63, 3.8) is 0 Å². The van der Waals surface area contributed by atoms with Crippen molar-refractivity contribution in [2.45, 2.75) is 5.92 Å². The van der Waals surface area contributed by atoms with Gasteiger partial charge < -0.3 is 15.2 Å². The molecular weight excluding hydrogens is 415 g/mol. The summed E-state index contributed by atoms with van der Waals surface area (Å²) in [6, 6.07) is 17.0. The SMILES string of the molecule is CN(C)c1ccc([C@H](CNC(=O)c2c(F)ccc(F)c2F)c2c[nH]c3ccccc23)cc1. The van der Waals surface area contributed by atoms with Gasteiger partial charge in [-0.15, -0.1) is 0 Å². The average molecular weight is 437 g/mol. The first kappa shape index (κ1) is 21.5. The van der Waals surface area contributed by atoms with Crippen LogP contribution in [0.1, 0.15) is 27.4 Å². The largest absolute Gasteiger partial charge is 0.378 e. The Morgan fingerprint density at radius 3 is 2.38 bits per heavy atom.